The molecule has 0 aromatic heterocycles. The summed E-state index contributed by atoms with van der Waals surface area (Å²) in [6.45, 7) is 4.56. The largest absolute Gasteiger partial charge is 0.507 e. The summed E-state index contributed by atoms with van der Waals surface area (Å²) < 4.78 is 11.3. The first kappa shape index (κ1) is 27.2. The average molecular weight is 519 g/mol. The molecule has 4 aromatic carbocycles. The van der Waals surface area contributed by atoms with E-state index in [1.165, 1.54) is 0 Å². The van der Waals surface area contributed by atoms with Gasteiger partial charge in [0.2, 0.25) is 0 Å². The van der Waals surface area contributed by atoms with E-state index in [0.29, 0.717) is 46.0 Å². The van der Waals surface area contributed by atoms with Gasteiger partial charge in [-0.3, -0.25) is 4.99 Å². The number of carbonyl (C=O) groups is 1. The number of carbonyl (C=O) groups excluding carboxylic acids is 1. The highest BCUT2D eigenvalue weighted by Gasteiger charge is 2.14. The fourth-order valence-corrected chi connectivity index (χ4v) is 4.00. The molecule has 4 aromatic rings. The van der Waals surface area contributed by atoms with Gasteiger partial charge in [0, 0.05) is 17.8 Å². The molecule has 196 valence electrons. The van der Waals surface area contributed by atoms with Gasteiger partial charge >= 0.3 is 5.97 Å². The zero-order chi connectivity index (χ0) is 27.6. The number of aliphatic imine (C=N–C) groups is 1. The molecular weight excluding hydrogens is 488 g/mol. The molecule has 0 aliphatic carbocycles. The molecule has 0 aliphatic rings. The molecule has 0 saturated heterocycles. The summed E-state index contributed by atoms with van der Waals surface area (Å²) in [5, 5.41) is 19.4. The number of hydrogen-bond donors (Lipinski definition) is 1. The fourth-order valence-electron chi connectivity index (χ4n) is 4.00. The smallest absolute Gasteiger partial charge is 0.343 e. The predicted octanol–water partition coefficient (Wildman–Crippen LogP) is 7.78. The Bertz CT molecular complexity index is 1500. The van der Waals surface area contributed by atoms with E-state index >= 15 is 0 Å². The van der Waals surface area contributed by atoms with Gasteiger partial charge in [-0.25, -0.2) is 4.79 Å². The van der Waals surface area contributed by atoms with E-state index in [1.807, 2.05) is 31.2 Å². The molecule has 1 N–H and O–H groups in total. The lowest BCUT2D eigenvalue weighted by molar-refractivity contribution is 0.0734. The molecule has 0 spiro atoms. The third kappa shape index (κ3) is 7.12. The van der Waals surface area contributed by atoms with Crippen LogP contribution in [0.25, 0.3) is 11.1 Å². The van der Waals surface area contributed by atoms with Crippen molar-refractivity contribution >= 4 is 17.9 Å². The van der Waals surface area contributed by atoms with Crippen LogP contribution in [0.1, 0.15) is 53.2 Å². The molecule has 0 fully saturated rings. The maximum absolute atomic E-state index is 12.9. The van der Waals surface area contributed by atoms with Crippen LogP contribution in [0.5, 0.6) is 17.2 Å². The third-order valence-electron chi connectivity index (χ3n) is 6.30. The van der Waals surface area contributed by atoms with Crippen LogP contribution in [0, 0.1) is 18.3 Å². The number of phenolic OH excluding ortho intramolecular Hbond substituents is 1. The van der Waals surface area contributed by atoms with E-state index in [4.69, 9.17) is 14.7 Å². The summed E-state index contributed by atoms with van der Waals surface area (Å²) in [6.07, 6.45) is 4.77. The standard InChI is InChI=1S/C33H30N2O4/c1-3-4-5-19-38-29-18-15-27(32(36)20-29)22-35-31-8-6-7-30(23(31)2)33(37)39-28-16-13-26(14-17-28)25-11-9-24(21-34)10-12-25/h6-18,20,22,36H,3-5,19H2,1-2H3. The van der Waals surface area contributed by atoms with Gasteiger partial charge in [-0.1, -0.05) is 50.1 Å². The molecule has 0 bridgehead atoms. The van der Waals surface area contributed by atoms with Gasteiger partial charge in [0.1, 0.15) is 17.2 Å². The quantitative estimate of drug-likeness (QED) is 0.100. The van der Waals surface area contributed by atoms with Gasteiger partial charge in [0.25, 0.3) is 0 Å². The van der Waals surface area contributed by atoms with Crippen LogP contribution >= 0.6 is 0 Å². The van der Waals surface area contributed by atoms with E-state index in [2.05, 4.69) is 18.0 Å². The van der Waals surface area contributed by atoms with Crippen molar-refractivity contribution in [3.63, 3.8) is 0 Å². The molecule has 0 unspecified atom stereocenters. The molecule has 39 heavy (non-hydrogen) atoms. The van der Waals surface area contributed by atoms with Crippen LogP contribution in [-0.2, 0) is 0 Å². The number of nitriles is 1. The maximum atomic E-state index is 12.9. The van der Waals surface area contributed by atoms with E-state index < -0.39 is 5.97 Å². The summed E-state index contributed by atoms with van der Waals surface area (Å²) in [4.78, 5) is 17.5. The van der Waals surface area contributed by atoms with Gasteiger partial charge in [-0.2, -0.15) is 5.26 Å². The fraction of sp³-hybridized carbons (Fsp3) is 0.182. The SMILES string of the molecule is CCCCCOc1ccc(C=Nc2cccc(C(=O)Oc3ccc(-c4ccc(C#N)cc4)cc3)c2C)c(O)c1. The molecule has 4 rings (SSSR count). The minimum atomic E-state index is -0.483. The molecule has 0 aliphatic heterocycles. The second-order valence-electron chi connectivity index (χ2n) is 9.09. The zero-order valence-corrected chi connectivity index (χ0v) is 22.1. The van der Waals surface area contributed by atoms with Gasteiger partial charge < -0.3 is 14.6 Å². The number of unbranched alkanes of at least 4 members (excludes halogenated alkanes) is 2. The van der Waals surface area contributed by atoms with Crippen molar-refractivity contribution in [2.24, 2.45) is 4.99 Å². The van der Waals surface area contributed by atoms with E-state index in [9.17, 15) is 9.90 Å². The zero-order valence-electron chi connectivity index (χ0n) is 22.1. The van der Waals surface area contributed by atoms with Crippen molar-refractivity contribution in [1.82, 2.24) is 0 Å². The van der Waals surface area contributed by atoms with Crippen molar-refractivity contribution in [1.29, 1.82) is 5.26 Å². The Morgan fingerprint density at radius 2 is 1.64 bits per heavy atom. The van der Waals surface area contributed by atoms with Crippen molar-refractivity contribution in [3.8, 4) is 34.4 Å². The van der Waals surface area contributed by atoms with Crippen molar-refractivity contribution in [2.45, 2.75) is 33.1 Å². The number of ether oxygens (including phenoxy) is 2. The second kappa shape index (κ2) is 13.1. The first-order valence-corrected chi connectivity index (χ1v) is 12.9. The Morgan fingerprint density at radius 3 is 2.31 bits per heavy atom. The molecule has 0 radical (unpaired) electrons. The van der Waals surface area contributed by atoms with Crippen LogP contribution in [0.3, 0.4) is 0 Å². The highest BCUT2D eigenvalue weighted by Crippen LogP contribution is 2.27. The van der Waals surface area contributed by atoms with E-state index in [-0.39, 0.29) is 5.75 Å². The number of esters is 1. The highest BCUT2D eigenvalue weighted by atomic mass is 16.5. The van der Waals surface area contributed by atoms with Gasteiger partial charge in [-0.15, -0.1) is 0 Å². The minimum absolute atomic E-state index is 0.0735. The second-order valence-corrected chi connectivity index (χ2v) is 9.09. The van der Waals surface area contributed by atoms with Crippen molar-refractivity contribution in [3.05, 3.63) is 107 Å². The number of phenols is 1. The number of rotatable bonds is 10. The minimum Gasteiger partial charge on any atom is -0.507 e. The van der Waals surface area contributed by atoms with Crippen LogP contribution in [0.2, 0.25) is 0 Å². The van der Waals surface area contributed by atoms with E-state index in [1.54, 1.807) is 66.9 Å². The van der Waals surface area contributed by atoms with E-state index in [0.717, 1.165) is 30.4 Å². The first-order chi connectivity index (χ1) is 19.0. The van der Waals surface area contributed by atoms with Crippen LogP contribution in [0.15, 0.2) is 89.9 Å². The number of nitrogens with zero attached hydrogens (tertiary/aromatic N) is 2. The van der Waals surface area contributed by atoms with Crippen LogP contribution in [0.4, 0.5) is 5.69 Å². The Kier molecular flexibility index (Phi) is 9.10. The summed E-state index contributed by atoms with van der Waals surface area (Å²) >= 11 is 0. The lowest BCUT2D eigenvalue weighted by atomic mass is 10.0. The maximum Gasteiger partial charge on any atom is 0.343 e. The van der Waals surface area contributed by atoms with Crippen LogP contribution in [-0.4, -0.2) is 23.9 Å². The Hall–Kier alpha value is -4.89. The summed E-state index contributed by atoms with van der Waals surface area (Å²) in [6, 6.07) is 27.0. The van der Waals surface area contributed by atoms with Gasteiger partial charge in [0.05, 0.1) is 29.5 Å². The molecule has 0 atom stereocenters. The Labute approximate surface area is 228 Å². The first-order valence-electron chi connectivity index (χ1n) is 12.9. The van der Waals surface area contributed by atoms with Gasteiger partial charge in [-0.05, 0) is 78.6 Å². The molecule has 0 amide bonds. The predicted molar refractivity (Wildman–Crippen MR) is 153 cm³/mol. The summed E-state index contributed by atoms with van der Waals surface area (Å²) in [5.41, 5.74) is 4.73. The summed E-state index contributed by atoms with van der Waals surface area (Å²) in [7, 11) is 0. The Morgan fingerprint density at radius 1 is 0.949 bits per heavy atom. The molecular formula is C33H30N2O4. The molecule has 0 saturated carbocycles. The molecule has 6 heteroatoms. The van der Waals surface area contributed by atoms with Crippen molar-refractivity contribution < 1.29 is 19.4 Å². The van der Waals surface area contributed by atoms with Crippen LogP contribution < -0.4 is 9.47 Å². The summed E-state index contributed by atoms with van der Waals surface area (Å²) in [5.74, 6) is 0.631. The highest BCUT2D eigenvalue weighted by molar-refractivity contribution is 5.95. The monoisotopic (exact) mass is 518 g/mol. The number of hydrogen-bond acceptors (Lipinski definition) is 6. The lowest BCUT2D eigenvalue weighted by Crippen LogP contribution is -2.10. The number of aromatic hydroxyl groups is 1. The van der Waals surface area contributed by atoms with Gasteiger partial charge in [0.15, 0.2) is 0 Å². The topological polar surface area (TPSA) is 91.9 Å². The third-order valence-corrected chi connectivity index (χ3v) is 6.30. The lowest BCUT2D eigenvalue weighted by Gasteiger charge is -2.10. The Balaban J connectivity index is 1.42. The molecule has 6 nitrogen and oxygen atoms in total. The number of benzene rings is 4. The normalized spacial score (nSPS) is 10.8. The molecule has 0 heterocycles. The average Bonchev–Trinajstić information content (AvgIpc) is 2.96. The van der Waals surface area contributed by atoms with Crippen molar-refractivity contribution in [2.75, 3.05) is 6.61 Å².